The van der Waals surface area contributed by atoms with E-state index in [1.165, 1.54) is 30.5 Å². The first-order valence-corrected chi connectivity index (χ1v) is 9.26. The molecule has 0 bridgehead atoms. The molecule has 160 valence electrons. The molecule has 3 aromatic carbocycles. The first-order valence-electron chi connectivity index (χ1n) is 9.26. The minimum Gasteiger partial charge on any atom is -0.485 e. The molecule has 31 heavy (non-hydrogen) atoms. The Morgan fingerprint density at radius 2 is 1.45 bits per heavy atom. The van der Waals surface area contributed by atoms with Crippen molar-refractivity contribution in [2.75, 3.05) is 6.61 Å². The zero-order valence-corrected chi connectivity index (χ0v) is 16.3. The molecule has 0 fully saturated rings. The lowest BCUT2D eigenvalue weighted by atomic mass is 10.2. The van der Waals surface area contributed by atoms with E-state index in [1.807, 2.05) is 0 Å². The van der Waals surface area contributed by atoms with Crippen molar-refractivity contribution in [1.82, 2.24) is 0 Å². The lowest BCUT2D eigenvalue weighted by Crippen LogP contribution is -2.05. The number of oxime groups is 1. The van der Waals surface area contributed by atoms with E-state index in [4.69, 9.17) is 19.4 Å². The zero-order chi connectivity index (χ0) is 22.1. The molecule has 0 saturated carbocycles. The standard InChI is InChI=1S/C23H19F2NO5/c24-19-8-4-16(5-9-19)13-29-21-3-1-2-18(12-26-31-15-22(27)28)23(21)30-14-17-6-10-20(25)11-7-17/h1-12H,13-15H2,(H,27,28)/b26-12+. The van der Waals surface area contributed by atoms with Gasteiger partial charge in [-0.05, 0) is 47.5 Å². The molecule has 0 aromatic heterocycles. The molecule has 8 heteroatoms. The smallest absolute Gasteiger partial charge is 0.344 e. The van der Waals surface area contributed by atoms with Crippen molar-refractivity contribution >= 4 is 12.2 Å². The van der Waals surface area contributed by atoms with Crippen LogP contribution in [0, 0.1) is 11.6 Å². The predicted octanol–water partition coefficient (Wildman–Crippen LogP) is 4.56. The summed E-state index contributed by atoms with van der Waals surface area (Å²) in [6.07, 6.45) is 1.31. The van der Waals surface area contributed by atoms with E-state index >= 15 is 0 Å². The van der Waals surface area contributed by atoms with E-state index < -0.39 is 12.6 Å². The summed E-state index contributed by atoms with van der Waals surface area (Å²) in [5.74, 6) is -1.10. The third kappa shape index (κ3) is 6.81. The van der Waals surface area contributed by atoms with Crippen LogP contribution in [-0.2, 0) is 22.8 Å². The van der Waals surface area contributed by atoms with Gasteiger partial charge in [0.2, 0.25) is 6.61 Å². The van der Waals surface area contributed by atoms with Crippen LogP contribution >= 0.6 is 0 Å². The highest BCUT2D eigenvalue weighted by Gasteiger charge is 2.12. The third-order valence-corrected chi connectivity index (χ3v) is 4.07. The largest absolute Gasteiger partial charge is 0.485 e. The maximum atomic E-state index is 13.1. The quantitative estimate of drug-likeness (QED) is 0.379. The van der Waals surface area contributed by atoms with Crippen LogP contribution in [0.2, 0.25) is 0 Å². The van der Waals surface area contributed by atoms with Gasteiger partial charge in [-0.3, -0.25) is 0 Å². The topological polar surface area (TPSA) is 77.4 Å². The van der Waals surface area contributed by atoms with Crippen molar-refractivity contribution in [2.24, 2.45) is 5.16 Å². The third-order valence-electron chi connectivity index (χ3n) is 4.07. The Kier molecular flexibility index (Phi) is 7.53. The normalized spacial score (nSPS) is 10.8. The van der Waals surface area contributed by atoms with Crippen molar-refractivity contribution in [2.45, 2.75) is 13.2 Å². The van der Waals surface area contributed by atoms with Crippen LogP contribution < -0.4 is 9.47 Å². The van der Waals surface area contributed by atoms with Gasteiger partial charge < -0.3 is 19.4 Å². The number of ether oxygens (including phenoxy) is 2. The minimum atomic E-state index is -1.15. The van der Waals surface area contributed by atoms with Crippen molar-refractivity contribution < 1.29 is 33.0 Å². The highest BCUT2D eigenvalue weighted by Crippen LogP contribution is 2.32. The van der Waals surface area contributed by atoms with Crippen LogP contribution in [0.4, 0.5) is 8.78 Å². The highest BCUT2D eigenvalue weighted by atomic mass is 19.1. The van der Waals surface area contributed by atoms with E-state index in [0.29, 0.717) is 17.1 Å². The average molecular weight is 427 g/mol. The molecule has 0 heterocycles. The number of hydrogen-bond donors (Lipinski definition) is 1. The zero-order valence-electron chi connectivity index (χ0n) is 16.3. The van der Waals surface area contributed by atoms with Crippen molar-refractivity contribution in [3.8, 4) is 11.5 Å². The number of carbonyl (C=O) groups is 1. The van der Waals surface area contributed by atoms with Gasteiger partial charge in [0.1, 0.15) is 24.8 Å². The van der Waals surface area contributed by atoms with Crippen LogP contribution in [0.5, 0.6) is 11.5 Å². The lowest BCUT2D eigenvalue weighted by molar-refractivity contribution is -0.142. The summed E-state index contributed by atoms with van der Waals surface area (Å²) in [5, 5.41) is 12.3. The molecule has 3 rings (SSSR count). The number of carboxylic acid groups (broad SMARTS) is 1. The molecule has 0 aliphatic heterocycles. The molecule has 0 atom stereocenters. The molecular weight excluding hydrogens is 408 g/mol. The molecule has 0 spiro atoms. The van der Waals surface area contributed by atoms with Gasteiger partial charge in [-0.2, -0.15) is 0 Å². The van der Waals surface area contributed by atoms with Crippen LogP contribution in [0.3, 0.4) is 0 Å². The average Bonchev–Trinajstić information content (AvgIpc) is 2.76. The van der Waals surface area contributed by atoms with Gasteiger partial charge >= 0.3 is 5.97 Å². The van der Waals surface area contributed by atoms with Crippen LogP contribution in [-0.4, -0.2) is 23.9 Å². The van der Waals surface area contributed by atoms with Gasteiger partial charge in [-0.15, -0.1) is 0 Å². The second-order valence-corrected chi connectivity index (χ2v) is 6.41. The molecule has 0 unspecified atom stereocenters. The fourth-order valence-electron chi connectivity index (χ4n) is 2.57. The van der Waals surface area contributed by atoms with Gasteiger partial charge in [-0.1, -0.05) is 35.5 Å². The second-order valence-electron chi connectivity index (χ2n) is 6.41. The van der Waals surface area contributed by atoms with Gasteiger partial charge in [0, 0.05) is 5.56 Å². The Hall–Kier alpha value is -3.94. The Morgan fingerprint density at radius 1 is 0.871 bits per heavy atom. The Balaban J connectivity index is 1.79. The summed E-state index contributed by atoms with van der Waals surface area (Å²) >= 11 is 0. The molecule has 1 N–H and O–H groups in total. The molecule has 0 radical (unpaired) electrons. The number of rotatable bonds is 10. The van der Waals surface area contributed by atoms with Gasteiger partial charge in [0.05, 0.1) is 6.21 Å². The number of halogens is 2. The summed E-state index contributed by atoms with van der Waals surface area (Å²) in [4.78, 5) is 15.3. The molecule has 0 aliphatic rings. The van der Waals surface area contributed by atoms with Crippen molar-refractivity contribution in [3.63, 3.8) is 0 Å². The monoisotopic (exact) mass is 427 g/mol. The second kappa shape index (κ2) is 10.7. The number of hydrogen-bond acceptors (Lipinski definition) is 5. The van der Waals surface area contributed by atoms with Gasteiger partial charge in [0.15, 0.2) is 11.5 Å². The predicted molar refractivity (Wildman–Crippen MR) is 109 cm³/mol. The maximum Gasteiger partial charge on any atom is 0.344 e. The summed E-state index contributed by atoms with van der Waals surface area (Å²) in [6, 6.07) is 16.9. The fraction of sp³-hybridized carbons (Fsp3) is 0.130. The van der Waals surface area contributed by atoms with Crippen LogP contribution in [0.15, 0.2) is 71.9 Å². The van der Waals surface area contributed by atoms with Gasteiger partial charge in [0.25, 0.3) is 0 Å². The van der Waals surface area contributed by atoms with Gasteiger partial charge in [-0.25, -0.2) is 13.6 Å². The van der Waals surface area contributed by atoms with Crippen molar-refractivity contribution in [3.05, 3.63) is 95.1 Å². The van der Waals surface area contributed by atoms with E-state index in [1.54, 1.807) is 42.5 Å². The minimum absolute atomic E-state index is 0.133. The molecule has 0 aliphatic carbocycles. The first kappa shape index (κ1) is 21.8. The Bertz CT molecular complexity index is 1040. The Morgan fingerprint density at radius 3 is 2.03 bits per heavy atom. The number of para-hydroxylation sites is 1. The van der Waals surface area contributed by atoms with Crippen LogP contribution in [0.1, 0.15) is 16.7 Å². The lowest BCUT2D eigenvalue weighted by Gasteiger charge is -2.15. The maximum absolute atomic E-state index is 13.1. The SMILES string of the molecule is O=C(O)CO/N=C/c1cccc(OCc2ccc(F)cc2)c1OCc1ccc(F)cc1. The van der Waals surface area contributed by atoms with E-state index in [-0.39, 0.29) is 24.8 Å². The molecule has 0 amide bonds. The molecular formula is C23H19F2NO5. The number of benzene rings is 3. The molecule has 6 nitrogen and oxygen atoms in total. The Labute approximate surface area is 177 Å². The fourth-order valence-corrected chi connectivity index (χ4v) is 2.57. The number of nitrogens with zero attached hydrogens (tertiary/aromatic N) is 1. The summed E-state index contributed by atoms with van der Waals surface area (Å²) in [7, 11) is 0. The van der Waals surface area contributed by atoms with Crippen molar-refractivity contribution in [1.29, 1.82) is 0 Å². The van der Waals surface area contributed by atoms with E-state index in [0.717, 1.165) is 11.1 Å². The van der Waals surface area contributed by atoms with Crippen LogP contribution in [0.25, 0.3) is 0 Å². The molecule has 3 aromatic rings. The van der Waals surface area contributed by atoms with E-state index in [9.17, 15) is 13.6 Å². The molecule has 0 saturated heterocycles. The number of carboxylic acids is 1. The number of aliphatic carboxylic acids is 1. The summed E-state index contributed by atoms with van der Waals surface area (Å²) < 4.78 is 38.0. The highest BCUT2D eigenvalue weighted by molar-refractivity contribution is 5.84. The summed E-state index contributed by atoms with van der Waals surface area (Å²) in [6.45, 7) is -0.277. The summed E-state index contributed by atoms with van der Waals surface area (Å²) in [5.41, 5.74) is 1.98. The first-order chi connectivity index (χ1) is 15.0. The van der Waals surface area contributed by atoms with E-state index in [2.05, 4.69) is 5.16 Å².